The molecule has 0 saturated heterocycles. The van der Waals surface area contributed by atoms with Crippen LogP contribution in [0.2, 0.25) is 0 Å². The van der Waals surface area contributed by atoms with E-state index in [-0.39, 0.29) is 16.8 Å². The molecule has 0 fully saturated rings. The first-order valence-corrected chi connectivity index (χ1v) is 10.8. The summed E-state index contributed by atoms with van der Waals surface area (Å²) >= 11 is 2.22. The van der Waals surface area contributed by atoms with Crippen LogP contribution in [0.15, 0.2) is 0 Å². The van der Waals surface area contributed by atoms with E-state index < -0.39 is 6.30 Å². The van der Waals surface area contributed by atoms with Gasteiger partial charge in [0.05, 0.1) is 16.8 Å². The minimum Gasteiger partial charge on any atom is -0.361 e. The molecule has 0 heterocycles. The monoisotopic (exact) mass is 374 g/mol. The van der Waals surface area contributed by atoms with Gasteiger partial charge in [-0.2, -0.15) is 0 Å². The Balaban J connectivity index is 4.95. The van der Waals surface area contributed by atoms with Gasteiger partial charge in [-0.05, 0) is 84.1 Å². The molecule has 0 aliphatic rings. The van der Waals surface area contributed by atoms with Crippen molar-refractivity contribution < 1.29 is 13.3 Å². The molecule has 3 nitrogen and oxygen atoms in total. The van der Waals surface area contributed by atoms with Crippen LogP contribution in [-0.4, -0.2) is 23.1 Å². The van der Waals surface area contributed by atoms with E-state index in [1.54, 1.807) is 0 Å². The first-order valence-electron chi connectivity index (χ1n) is 5.91. The summed E-state index contributed by atoms with van der Waals surface area (Å²) in [5.41, 5.74) is -0.822. The number of hydrogen-bond donors (Lipinski definition) is 0. The molecule has 0 saturated carbocycles. The molecule has 0 aliphatic carbocycles. The molecule has 0 rings (SSSR count). The van der Waals surface area contributed by atoms with Gasteiger partial charge in [-0.15, -0.1) is 0 Å². The summed E-state index contributed by atoms with van der Waals surface area (Å²) < 4.78 is 18.2. The van der Waals surface area contributed by atoms with E-state index in [1.165, 1.54) is 0 Å². The Morgan fingerprint density at radius 3 is 0.882 bits per heavy atom. The zero-order valence-electron chi connectivity index (χ0n) is 12.6. The van der Waals surface area contributed by atoms with Gasteiger partial charge >= 0.3 is 6.30 Å². The van der Waals surface area contributed by atoms with Crippen LogP contribution in [-0.2, 0) is 13.3 Å². The molecular weight excluding hydrogens is 347 g/mol. The SMILES string of the molecule is CC(C)(C)O[Si](I)(OC(C)(C)C)OC(C)(C)C. The highest BCUT2D eigenvalue weighted by Crippen LogP contribution is 2.32. The largest absolute Gasteiger partial charge is 0.573 e. The first kappa shape index (κ1) is 17.8. The maximum Gasteiger partial charge on any atom is 0.573 e. The van der Waals surface area contributed by atoms with Crippen molar-refractivity contribution in [3.8, 4) is 0 Å². The fourth-order valence-electron chi connectivity index (χ4n) is 1.16. The Kier molecular flexibility index (Phi) is 5.71. The van der Waals surface area contributed by atoms with Gasteiger partial charge in [0.1, 0.15) is 0 Å². The summed E-state index contributed by atoms with van der Waals surface area (Å²) in [4.78, 5) is 0. The molecule has 0 bridgehead atoms. The third-order valence-electron chi connectivity index (χ3n) is 1.28. The molecular formula is C12H27IO3Si. The highest BCUT2D eigenvalue weighted by Gasteiger charge is 2.48. The lowest BCUT2D eigenvalue weighted by atomic mass is 10.2. The van der Waals surface area contributed by atoms with E-state index in [1.807, 2.05) is 62.3 Å². The van der Waals surface area contributed by atoms with Crippen molar-refractivity contribution in [1.82, 2.24) is 0 Å². The van der Waals surface area contributed by atoms with E-state index in [0.29, 0.717) is 0 Å². The predicted octanol–water partition coefficient (Wildman–Crippen LogP) is 4.30. The van der Waals surface area contributed by atoms with Gasteiger partial charge in [0.25, 0.3) is 0 Å². The Hall–Kier alpha value is 0.827. The second kappa shape index (κ2) is 5.44. The molecule has 0 aromatic heterocycles. The lowest BCUT2D eigenvalue weighted by Gasteiger charge is -2.39. The van der Waals surface area contributed by atoms with Gasteiger partial charge in [-0.3, -0.25) is 0 Å². The highest BCUT2D eigenvalue weighted by atomic mass is 127. The number of halogens is 1. The lowest BCUT2D eigenvalue weighted by molar-refractivity contribution is -0.0541. The average molecular weight is 374 g/mol. The van der Waals surface area contributed by atoms with Crippen LogP contribution in [0.3, 0.4) is 0 Å². The second-order valence-corrected chi connectivity index (χ2v) is 12.7. The van der Waals surface area contributed by atoms with Gasteiger partial charge in [-0.25, -0.2) is 0 Å². The van der Waals surface area contributed by atoms with Crippen molar-refractivity contribution >= 4 is 28.1 Å². The summed E-state index contributed by atoms with van der Waals surface area (Å²) in [7, 11) is 0. The molecule has 0 amide bonds. The fourth-order valence-corrected chi connectivity index (χ4v) is 9.42. The van der Waals surface area contributed by atoms with Crippen LogP contribution >= 0.6 is 21.8 Å². The Labute approximate surface area is 120 Å². The standard InChI is InChI=1S/C12H27IO3Si/c1-10(2,3)14-17(13,15-11(4,5)6)16-12(7,8)9/h1-9H3. The predicted molar refractivity (Wildman–Crippen MR) is 82.3 cm³/mol. The lowest BCUT2D eigenvalue weighted by Crippen LogP contribution is -2.52. The molecule has 0 aromatic carbocycles. The number of hydrogen-bond acceptors (Lipinski definition) is 3. The van der Waals surface area contributed by atoms with Gasteiger partial charge in [-0.1, -0.05) is 0 Å². The molecule has 0 radical (unpaired) electrons. The topological polar surface area (TPSA) is 27.7 Å². The molecule has 17 heavy (non-hydrogen) atoms. The fraction of sp³-hybridized carbons (Fsp3) is 1.00. The van der Waals surface area contributed by atoms with Crippen molar-refractivity contribution in [2.45, 2.75) is 79.1 Å². The second-order valence-electron chi connectivity index (χ2n) is 7.12. The third-order valence-corrected chi connectivity index (χ3v) is 5.83. The minimum absolute atomic E-state index is 0.274. The van der Waals surface area contributed by atoms with Crippen LogP contribution in [0.5, 0.6) is 0 Å². The zero-order chi connectivity index (χ0) is 14.1. The van der Waals surface area contributed by atoms with Crippen LogP contribution in [0.1, 0.15) is 62.3 Å². The zero-order valence-corrected chi connectivity index (χ0v) is 15.8. The van der Waals surface area contributed by atoms with E-state index >= 15 is 0 Å². The molecule has 0 aliphatic heterocycles. The average Bonchev–Trinajstić information content (AvgIpc) is 1.65. The molecule has 104 valence electrons. The summed E-state index contributed by atoms with van der Waals surface area (Å²) in [5, 5.41) is 0. The molecule has 0 unspecified atom stereocenters. The summed E-state index contributed by atoms with van der Waals surface area (Å²) in [6.07, 6.45) is -2.69. The highest BCUT2D eigenvalue weighted by molar-refractivity contribution is 14.1. The van der Waals surface area contributed by atoms with E-state index in [2.05, 4.69) is 21.8 Å². The van der Waals surface area contributed by atoms with E-state index in [9.17, 15) is 0 Å². The van der Waals surface area contributed by atoms with Crippen molar-refractivity contribution in [2.24, 2.45) is 0 Å². The maximum atomic E-state index is 6.06. The summed E-state index contributed by atoms with van der Waals surface area (Å²) in [6.45, 7) is 18.2. The molecule has 0 atom stereocenters. The number of rotatable bonds is 3. The summed E-state index contributed by atoms with van der Waals surface area (Å²) in [5.74, 6) is 0. The van der Waals surface area contributed by atoms with Gasteiger partial charge in [0.2, 0.25) is 0 Å². The van der Waals surface area contributed by atoms with Gasteiger partial charge in [0.15, 0.2) is 0 Å². The Morgan fingerprint density at radius 1 is 0.588 bits per heavy atom. The van der Waals surface area contributed by atoms with Crippen molar-refractivity contribution in [2.75, 3.05) is 0 Å². The molecule has 0 N–H and O–H groups in total. The van der Waals surface area contributed by atoms with Crippen molar-refractivity contribution in [3.63, 3.8) is 0 Å². The maximum absolute atomic E-state index is 6.06. The van der Waals surface area contributed by atoms with Crippen molar-refractivity contribution in [1.29, 1.82) is 0 Å². The molecule has 0 spiro atoms. The van der Waals surface area contributed by atoms with Crippen LogP contribution < -0.4 is 0 Å². The van der Waals surface area contributed by atoms with E-state index in [4.69, 9.17) is 13.3 Å². The van der Waals surface area contributed by atoms with Crippen molar-refractivity contribution in [3.05, 3.63) is 0 Å². The third kappa shape index (κ3) is 10.4. The molecule has 5 heteroatoms. The minimum atomic E-state index is -2.69. The van der Waals surface area contributed by atoms with Gasteiger partial charge in [0, 0.05) is 0 Å². The smallest absolute Gasteiger partial charge is 0.361 e. The molecule has 0 aromatic rings. The van der Waals surface area contributed by atoms with Crippen LogP contribution in [0.25, 0.3) is 0 Å². The quantitative estimate of drug-likeness (QED) is 0.419. The normalized spacial score (nSPS) is 15.2. The van der Waals surface area contributed by atoms with Gasteiger partial charge < -0.3 is 13.3 Å². The van der Waals surface area contributed by atoms with Crippen LogP contribution in [0.4, 0.5) is 0 Å². The van der Waals surface area contributed by atoms with E-state index in [0.717, 1.165) is 0 Å². The summed E-state index contributed by atoms with van der Waals surface area (Å²) in [6, 6.07) is 0. The first-order chi connectivity index (χ1) is 7.12. The Morgan fingerprint density at radius 2 is 0.765 bits per heavy atom. The van der Waals surface area contributed by atoms with Crippen LogP contribution in [0, 0.1) is 0 Å². The Bertz CT molecular complexity index is 207.